The van der Waals surface area contributed by atoms with Crippen molar-refractivity contribution >= 4 is 45.4 Å². The van der Waals surface area contributed by atoms with Gasteiger partial charge in [0.25, 0.3) is 5.91 Å². The smallest absolute Gasteiger partial charge is 0.264 e. The summed E-state index contributed by atoms with van der Waals surface area (Å²) in [5.74, 6) is 0.673. The third kappa shape index (κ3) is 6.01. The van der Waals surface area contributed by atoms with E-state index in [4.69, 9.17) is 4.74 Å². The number of nitrogens with zero attached hydrogens (tertiary/aromatic N) is 1. The van der Waals surface area contributed by atoms with Crippen LogP contribution in [0.25, 0.3) is 16.8 Å². The number of ether oxygens (including phenoxy) is 1. The molecule has 0 unspecified atom stereocenters. The van der Waals surface area contributed by atoms with Gasteiger partial charge in [0.2, 0.25) is 0 Å². The van der Waals surface area contributed by atoms with Crippen LogP contribution in [0.4, 0.5) is 5.69 Å². The molecule has 4 nitrogen and oxygen atoms in total. The number of aliphatic imine (C=N–C) groups is 1. The first-order chi connectivity index (χ1) is 18.1. The fourth-order valence-electron chi connectivity index (χ4n) is 4.19. The SMILES string of the molecule is C=CCc1cc(/C=C2\SC(=Nc3ccc(CC)cc3)NC2=O)ccc1OCc1ccc2ccccc2c1. The standard InChI is InChI=1S/C32H28N2O2S/c1-3-7-27-18-23(13-17-29(27)36-21-24-10-14-25-8-5-6-9-26(25)19-24)20-30-31(35)34-32(37-30)33-28-15-11-22(4-2)12-16-28/h3,5-6,8-20H,1,4,7,21H2,2H3,(H,33,34,35)/b30-20-. The molecule has 1 N–H and O–H groups in total. The van der Waals surface area contributed by atoms with E-state index >= 15 is 0 Å². The Bertz CT molecular complexity index is 1520. The third-order valence-electron chi connectivity index (χ3n) is 6.18. The highest BCUT2D eigenvalue weighted by Gasteiger charge is 2.24. The second-order valence-corrected chi connectivity index (χ2v) is 9.86. The minimum Gasteiger partial charge on any atom is -0.489 e. The minimum absolute atomic E-state index is 0.143. The van der Waals surface area contributed by atoms with Crippen LogP contribution in [0.5, 0.6) is 5.75 Å². The van der Waals surface area contributed by atoms with E-state index < -0.39 is 0 Å². The molecule has 1 aliphatic heterocycles. The van der Waals surface area contributed by atoms with Crippen LogP contribution in [0.2, 0.25) is 0 Å². The number of nitrogens with one attached hydrogen (secondary N) is 1. The van der Waals surface area contributed by atoms with Gasteiger partial charge in [-0.1, -0.05) is 67.6 Å². The summed E-state index contributed by atoms with van der Waals surface area (Å²) in [6.07, 6.45) is 5.41. The van der Waals surface area contributed by atoms with E-state index in [1.54, 1.807) is 0 Å². The highest BCUT2D eigenvalue weighted by atomic mass is 32.2. The van der Waals surface area contributed by atoms with Gasteiger partial charge in [-0.2, -0.15) is 0 Å². The van der Waals surface area contributed by atoms with Crippen molar-refractivity contribution in [3.8, 4) is 5.75 Å². The van der Waals surface area contributed by atoms with E-state index in [0.29, 0.717) is 23.1 Å². The molecule has 0 radical (unpaired) electrons. The van der Waals surface area contributed by atoms with Crippen LogP contribution in [0.15, 0.2) is 107 Å². The van der Waals surface area contributed by atoms with Crippen molar-refractivity contribution < 1.29 is 9.53 Å². The molecule has 184 valence electrons. The Kier molecular flexibility index (Phi) is 7.52. The highest BCUT2D eigenvalue weighted by Crippen LogP contribution is 2.30. The largest absolute Gasteiger partial charge is 0.489 e. The zero-order chi connectivity index (χ0) is 25.6. The molecule has 0 aromatic heterocycles. The van der Waals surface area contributed by atoms with Crippen molar-refractivity contribution in [3.63, 3.8) is 0 Å². The Morgan fingerprint density at radius 1 is 0.946 bits per heavy atom. The molecule has 0 aliphatic carbocycles. The van der Waals surface area contributed by atoms with Gasteiger partial charge in [-0.25, -0.2) is 4.99 Å². The molecule has 0 atom stereocenters. The summed E-state index contributed by atoms with van der Waals surface area (Å²) in [6, 6.07) is 28.7. The first-order valence-electron chi connectivity index (χ1n) is 12.3. The summed E-state index contributed by atoms with van der Waals surface area (Å²) in [5.41, 5.74) is 5.15. The average molecular weight is 505 g/mol. The molecule has 37 heavy (non-hydrogen) atoms. The van der Waals surface area contributed by atoms with Crippen molar-refractivity contribution in [2.75, 3.05) is 0 Å². The summed E-state index contributed by atoms with van der Waals surface area (Å²) in [5, 5.41) is 5.87. The number of benzene rings is 4. The lowest BCUT2D eigenvalue weighted by Gasteiger charge is -2.12. The van der Waals surface area contributed by atoms with E-state index in [-0.39, 0.29) is 5.91 Å². The van der Waals surface area contributed by atoms with Crippen molar-refractivity contribution in [1.29, 1.82) is 0 Å². The van der Waals surface area contributed by atoms with Gasteiger partial charge in [0.05, 0.1) is 10.6 Å². The fraction of sp³-hybridized carbons (Fsp3) is 0.125. The van der Waals surface area contributed by atoms with E-state index in [1.807, 2.05) is 48.6 Å². The van der Waals surface area contributed by atoms with Crippen LogP contribution >= 0.6 is 11.8 Å². The average Bonchev–Trinajstić information content (AvgIpc) is 3.26. The van der Waals surface area contributed by atoms with Crippen LogP contribution in [-0.4, -0.2) is 11.1 Å². The number of amidine groups is 1. The van der Waals surface area contributed by atoms with Crippen LogP contribution in [0.3, 0.4) is 0 Å². The molecule has 0 saturated carbocycles. The van der Waals surface area contributed by atoms with Gasteiger partial charge in [-0.05, 0) is 94.0 Å². The summed E-state index contributed by atoms with van der Waals surface area (Å²) < 4.78 is 6.20. The van der Waals surface area contributed by atoms with Gasteiger partial charge in [0.15, 0.2) is 5.17 Å². The van der Waals surface area contributed by atoms with Gasteiger partial charge < -0.3 is 10.1 Å². The molecule has 1 fully saturated rings. The molecule has 1 heterocycles. The van der Waals surface area contributed by atoms with Crippen LogP contribution < -0.4 is 10.1 Å². The molecule has 5 rings (SSSR count). The van der Waals surface area contributed by atoms with E-state index in [1.165, 1.54) is 28.1 Å². The first kappa shape index (κ1) is 24.6. The van der Waals surface area contributed by atoms with Gasteiger partial charge >= 0.3 is 0 Å². The predicted octanol–water partition coefficient (Wildman–Crippen LogP) is 7.60. The Balaban J connectivity index is 1.31. The number of carbonyl (C=O) groups excluding carboxylic acids is 1. The molecular weight excluding hydrogens is 476 g/mol. The Labute approximate surface area is 221 Å². The zero-order valence-corrected chi connectivity index (χ0v) is 21.6. The molecule has 4 aromatic rings. The molecule has 5 heteroatoms. The quantitative estimate of drug-likeness (QED) is 0.199. The fourth-order valence-corrected chi connectivity index (χ4v) is 5.03. The number of rotatable bonds is 8. The Hall–Kier alpha value is -4.09. The van der Waals surface area contributed by atoms with Gasteiger partial charge in [0, 0.05) is 0 Å². The number of allylic oxidation sites excluding steroid dienone is 1. The summed E-state index contributed by atoms with van der Waals surface area (Å²) in [4.78, 5) is 17.8. The van der Waals surface area contributed by atoms with Crippen LogP contribution in [-0.2, 0) is 24.2 Å². The first-order valence-corrected chi connectivity index (χ1v) is 13.2. The molecular formula is C32H28N2O2S. The molecule has 0 spiro atoms. The second-order valence-electron chi connectivity index (χ2n) is 8.83. The van der Waals surface area contributed by atoms with Crippen molar-refractivity contribution in [2.45, 2.75) is 26.4 Å². The molecule has 1 amide bonds. The zero-order valence-electron chi connectivity index (χ0n) is 20.7. The second kappa shape index (κ2) is 11.3. The summed E-state index contributed by atoms with van der Waals surface area (Å²) in [7, 11) is 0. The summed E-state index contributed by atoms with van der Waals surface area (Å²) in [6.45, 7) is 6.50. The number of hydrogen-bond donors (Lipinski definition) is 1. The number of fused-ring (bicyclic) bond motifs is 1. The van der Waals surface area contributed by atoms with Crippen LogP contribution in [0, 0.1) is 0 Å². The lowest BCUT2D eigenvalue weighted by atomic mass is 10.1. The topological polar surface area (TPSA) is 50.7 Å². The molecule has 1 saturated heterocycles. The number of amides is 1. The van der Waals surface area contributed by atoms with Crippen LogP contribution in [0.1, 0.15) is 29.2 Å². The monoisotopic (exact) mass is 504 g/mol. The lowest BCUT2D eigenvalue weighted by molar-refractivity contribution is -0.115. The highest BCUT2D eigenvalue weighted by molar-refractivity contribution is 8.18. The van der Waals surface area contributed by atoms with E-state index in [2.05, 4.69) is 72.3 Å². The van der Waals surface area contributed by atoms with Gasteiger partial charge in [-0.3, -0.25) is 4.79 Å². The summed E-state index contributed by atoms with van der Waals surface area (Å²) >= 11 is 1.35. The lowest BCUT2D eigenvalue weighted by Crippen LogP contribution is -2.19. The molecule has 4 aromatic carbocycles. The number of thioether (sulfide) groups is 1. The maximum atomic E-state index is 12.6. The van der Waals surface area contributed by atoms with Crippen molar-refractivity contribution in [2.24, 2.45) is 4.99 Å². The number of hydrogen-bond acceptors (Lipinski definition) is 4. The van der Waals surface area contributed by atoms with Gasteiger partial charge in [-0.15, -0.1) is 6.58 Å². The number of aryl methyl sites for hydroxylation is 1. The maximum Gasteiger partial charge on any atom is 0.264 e. The van der Waals surface area contributed by atoms with Gasteiger partial charge in [0.1, 0.15) is 12.4 Å². The minimum atomic E-state index is -0.143. The molecule has 0 bridgehead atoms. The normalized spacial score (nSPS) is 15.3. The Morgan fingerprint density at radius 2 is 1.73 bits per heavy atom. The third-order valence-corrected chi connectivity index (χ3v) is 7.09. The van der Waals surface area contributed by atoms with Crippen molar-refractivity contribution in [3.05, 3.63) is 125 Å². The maximum absolute atomic E-state index is 12.6. The predicted molar refractivity (Wildman–Crippen MR) is 155 cm³/mol. The molecule has 1 aliphatic rings. The van der Waals surface area contributed by atoms with E-state index in [9.17, 15) is 4.79 Å². The van der Waals surface area contributed by atoms with Crippen molar-refractivity contribution in [1.82, 2.24) is 5.32 Å². The van der Waals surface area contributed by atoms with E-state index in [0.717, 1.165) is 34.5 Å². The Morgan fingerprint density at radius 3 is 2.51 bits per heavy atom. The number of carbonyl (C=O) groups is 1.